The number of hydrogen-bond acceptors (Lipinski definition) is 3. The van der Waals surface area contributed by atoms with Crippen LogP contribution < -0.4 is 5.32 Å². The number of hydrogen-bond donors (Lipinski definition) is 1. The molecule has 0 fully saturated rings. The molecule has 1 unspecified atom stereocenters. The van der Waals surface area contributed by atoms with Gasteiger partial charge in [-0.15, -0.1) is 0 Å². The number of carbonyl (C=O) groups is 1. The fraction of sp³-hybridized carbons (Fsp3) is 0.235. The molecule has 3 aromatic rings. The van der Waals surface area contributed by atoms with Crippen molar-refractivity contribution in [1.29, 1.82) is 0 Å². The van der Waals surface area contributed by atoms with E-state index in [4.69, 9.17) is 11.6 Å². The predicted molar refractivity (Wildman–Crippen MR) is 91.6 cm³/mol. The fourth-order valence-corrected chi connectivity index (χ4v) is 3.37. The summed E-state index contributed by atoms with van der Waals surface area (Å²) in [5.74, 6) is 0.728. The van der Waals surface area contributed by atoms with Gasteiger partial charge in [-0.05, 0) is 36.8 Å². The molecule has 6 nitrogen and oxygen atoms in total. The number of aryl methyl sites for hydroxylation is 2. The molecule has 0 saturated carbocycles. The molecule has 0 bridgehead atoms. The van der Waals surface area contributed by atoms with Crippen molar-refractivity contribution in [1.82, 2.24) is 19.6 Å². The molecular formula is C17H16ClN5O. The molecule has 1 aliphatic rings. The summed E-state index contributed by atoms with van der Waals surface area (Å²) >= 11 is 5.93. The quantitative estimate of drug-likeness (QED) is 0.779. The highest BCUT2D eigenvalue weighted by atomic mass is 35.5. The lowest BCUT2D eigenvalue weighted by atomic mass is 9.87. The van der Waals surface area contributed by atoms with Crippen LogP contribution in [0.1, 0.15) is 29.2 Å². The van der Waals surface area contributed by atoms with Crippen LogP contribution in [-0.2, 0) is 11.8 Å². The second-order valence-electron chi connectivity index (χ2n) is 5.97. The first kappa shape index (κ1) is 15.0. The third-order valence-corrected chi connectivity index (χ3v) is 4.61. The highest BCUT2D eigenvalue weighted by Crippen LogP contribution is 2.38. The molecule has 1 atom stereocenters. The van der Waals surface area contributed by atoms with E-state index in [0.29, 0.717) is 11.4 Å². The van der Waals surface area contributed by atoms with Gasteiger partial charge in [-0.2, -0.15) is 10.2 Å². The lowest BCUT2D eigenvalue weighted by Crippen LogP contribution is -2.24. The minimum atomic E-state index is -0.0384. The van der Waals surface area contributed by atoms with Crippen LogP contribution in [0.25, 0.3) is 5.69 Å². The predicted octanol–water partition coefficient (Wildman–Crippen LogP) is 3.04. The van der Waals surface area contributed by atoms with Crippen molar-refractivity contribution >= 4 is 23.3 Å². The zero-order valence-corrected chi connectivity index (χ0v) is 14.1. The summed E-state index contributed by atoms with van der Waals surface area (Å²) in [6.07, 6.45) is 4.17. The maximum Gasteiger partial charge on any atom is 0.226 e. The summed E-state index contributed by atoms with van der Waals surface area (Å²) in [5, 5.41) is 12.5. The maximum atomic E-state index is 12.1. The van der Waals surface area contributed by atoms with Crippen molar-refractivity contribution in [3.8, 4) is 5.69 Å². The second-order valence-corrected chi connectivity index (χ2v) is 6.41. The maximum absolute atomic E-state index is 12.1. The number of anilines is 1. The molecule has 0 aliphatic carbocycles. The van der Waals surface area contributed by atoms with Crippen molar-refractivity contribution in [2.45, 2.75) is 19.3 Å². The van der Waals surface area contributed by atoms with Crippen molar-refractivity contribution in [2.24, 2.45) is 7.05 Å². The van der Waals surface area contributed by atoms with Gasteiger partial charge in [0, 0.05) is 36.2 Å². The summed E-state index contributed by atoms with van der Waals surface area (Å²) in [7, 11) is 1.84. The Labute approximate surface area is 144 Å². The zero-order chi connectivity index (χ0) is 16.8. The monoisotopic (exact) mass is 341 g/mol. The third-order valence-electron chi connectivity index (χ3n) is 4.36. The Morgan fingerprint density at radius 1 is 1.29 bits per heavy atom. The van der Waals surface area contributed by atoms with Gasteiger partial charge in [0.15, 0.2) is 0 Å². The first-order valence-electron chi connectivity index (χ1n) is 7.67. The van der Waals surface area contributed by atoms with Gasteiger partial charge in [0.05, 0.1) is 17.6 Å². The molecule has 3 heterocycles. The molecule has 2 aromatic heterocycles. The number of benzene rings is 1. The third kappa shape index (κ3) is 2.39. The van der Waals surface area contributed by atoms with E-state index in [9.17, 15) is 4.79 Å². The smallest absolute Gasteiger partial charge is 0.226 e. The standard InChI is InChI=1S/C17H16ClN5O/c1-10-16-14(7-15(24)20-17(16)22(2)21-10)11-8-19-23(9-11)13-5-3-12(18)4-6-13/h3-6,8-9,14H,7H2,1-2H3,(H,20,24). The molecule has 122 valence electrons. The molecule has 0 radical (unpaired) electrons. The molecule has 0 spiro atoms. The molecule has 1 amide bonds. The van der Waals surface area contributed by atoms with Crippen LogP contribution >= 0.6 is 11.6 Å². The van der Waals surface area contributed by atoms with E-state index in [1.165, 1.54) is 0 Å². The van der Waals surface area contributed by atoms with E-state index in [2.05, 4.69) is 15.5 Å². The number of carbonyl (C=O) groups excluding carboxylic acids is 1. The molecule has 4 rings (SSSR count). The van der Waals surface area contributed by atoms with Crippen LogP contribution in [0.2, 0.25) is 5.02 Å². The fourth-order valence-electron chi connectivity index (χ4n) is 3.25. The first-order valence-corrected chi connectivity index (χ1v) is 8.04. The van der Waals surface area contributed by atoms with E-state index < -0.39 is 0 Å². The SMILES string of the molecule is Cc1nn(C)c2c1C(c1cnn(-c3ccc(Cl)cc3)c1)CC(=O)N2. The average Bonchev–Trinajstić information content (AvgIpc) is 3.14. The van der Waals surface area contributed by atoms with Gasteiger partial charge >= 0.3 is 0 Å². The highest BCUT2D eigenvalue weighted by molar-refractivity contribution is 6.30. The number of nitrogens with zero attached hydrogens (tertiary/aromatic N) is 4. The van der Waals surface area contributed by atoms with Gasteiger partial charge in [0.2, 0.25) is 5.91 Å². The lowest BCUT2D eigenvalue weighted by Gasteiger charge is -2.22. The Morgan fingerprint density at radius 3 is 2.79 bits per heavy atom. The van der Waals surface area contributed by atoms with Crippen molar-refractivity contribution in [2.75, 3.05) is 5.32 Å². The van der Waals surface area contributed by atoms with E-state index in [0.717, 1.165) is 28.3 Å². The Balaban J connectivity index is 1.75. The molecule has 1 N–H and O–H groups in total. The lowest BCUT2D eigenvalue weighted by molar-refractivity contribution is -0.116. The van der Waals surface area contributed by atoms with Crippen LogP contribution in [0.4, 0.5) is 5.82 Å². The minimum absolute atomic E-state index is 0.00487. The first-order chi connectivity index (χ1) is 11.5. The minimum Gasteiger partial charge on any atom is -0.311 e. The van der Waals surface area contributed by atoms with Crippen molar-refractivity contribution < 1.29 is 4.79 Å². The highest BCUT2D eigenvalue weighted by Gasteiger charge is 2.32. The number of rotatable bonds is 2. The van der Waals surface area contributed by atoms with Crippen LogP contribution in [0.15, 0.2) is 36.7 Å². The Kier molecular flexibility index (Phi) is 3.42. The number of halogens is 1. The van der Waals surface area contributed by atoms with Gasteiger partial charge in [0.25, 0.3) is 0 Å². The summed E-state index contributed by atoms with van der Waals surface area (Å²) in [6.45, 7) is 1.97. The van der Waals surface area contributed by atoms with Crippen LogP contribution in [0.5, 0.6) is 0 Å². The largest absolute Gasteiger partial charge is 0.311 e. The second kappa shape index (κ2) is 5.49. The molecule has 1 aromatic carbocycles. The summed E-state index contributed by atoms with van der Waals surface area (Å²) in [5.41, 5.74) is 3.91. The number of aromatic nitrogens is 4. The van der Waals surface area contributed by atoms with Gasteiger partial charge in [0.1, 0.15) is 5.82 Å². The number of fused-ring (bicyclic) bond motifs is 1. The van der Waals surface area contributed by atoms with Crippen LogP contribution in [0, 0.1) is 6.92 Å². The Hall–Kier alpha value is -2.60. The molecular weight excluding hydrogens is 326 g/mol. The molecule has 7 heteroatoms. The van der Waals surface area contributed by atoms with E-state index >= 15 is 0 Å². The van der Waals surface area contributed by atoms with Gasteiger partial charge < -0.3 is 5.32 Å². The normalized spacial score (nSPS) is 16.8. The molecule has 1 aliphatic heterocycles. The van der Waals surface area contributed by atoms with Crippen molar-refractivity contribution in [3.05, 3.63) is 58.5 Å². The van der Waals surface area contributed by atoms with Gasteiger partial charge in [-0.1, -0.05) is 11.6 Å². The van der Waals surface area contributed by atoms with Gasteiger partial charge in [-0.25, -0.2) is 4.68 Å². The van der Waals surface area contributed by atoms with E-state index in [-0.39, 0.29) is 11.8 Å². The molecule has 24 heavy (non-hydrogen) atoms. The topological polar surface area (TPSA) is 64.7 Å². The Bertz CT molecular complexity index is 925. The summed E-state index contributed by atoms with van der Waals surface area (Å²) in [4.78, 5) is 12.1. The summed E-state index contributed by atoms with van der Waals surface area (Å²) < 4.78 is 3.52. The van der Waals surface area contributed by atoms with E-state index in [1.54, 1.807) is 9.36 Å². The van der Waals surface area contributed by atoms with Crippen LogP contribution in [-0.4, -0.2) is 25.5 Å². The average molecular weight is 342 g/mol. The van der Waals surface area contributed by atoms with Crippen LogP contribution in [0.3, 0.4) is 0 Å². The van der Waals surface area contributed by atoms with Gasteiger partial charge in [-0.3, -0.25) is 9.48 Å². The zero-order valence-electron chi connectivity index (χ0n) is 13.3. The summed E-state index contributed by atoms with van der Waals surface area (Å²) in [6, 6.07) is 7.48. The number of nitrogens with one attached hydrogen (secondary N) is 1. The van der Waals surface area contributed by atoms with Crippen molar-refractivity contribution in [3.63, 3.8) is 0 Å². The van der Waals surface area contributed by atoms with E-state index in [1.807, 2.05) is 50.6 Å². The Morgan fingerprint density at radius 2 is 2.04 bits per heavy atom. The number of amides is 1. The molecule has 0 saturated heterocycles.